The molecule has 0 aliphatic carbocycles. The second-order valence-electron chi connectivity index (χ2n) is 6.14. The quantitative estimate of drug-likeness (QED) is 0.609. The SMILES string of the molecule is COc1ccc(CN(C)C(=O)c2cc3ccccc3oc2=O)c(OC)c1OC. The minimum Gasteiger partial charge on any atom is -0.493 e. The van der Waals surface area contributed by atoms with Crippen molar-refractivity contribution in [2.75, 3.05) is 28.4 Å². The monoisotopic (exact) mass is 383 g/mol. The van der Waals surface area contributed by atoms with Crippen LogP contribution in [0.3, 0.4) is 0 Å². The third-order valence-corrected chi connectivity index (χ3v) is 4.41. The molecule has 7 heteroatoms. The lowest BCUT2D eigenvalue weighted by Gasteiger charge is -2.20. The summed E-state index contributed by atoms with van der Waals surface area (Å²) in [5.74, 6) is 0.976. The average Bonchev–Trinajstić information content (AvgIpc) is 2.72. The predicted octanol–water partition coefficient (Wildman–Crippen LogP) is 3.09. The van der Waals surface area contributed by atoms with Gasteiger partial charge >= 0.3 is 5.63 Å². The zero-order chi connectivity index (χ0) is 20.3. The number of hydrogen-bond acceptors (Lipinski definition) is 6. The molecule has 0 unspecified atom stereocenters. The Labute approximate surface area is 162 Å². The molecule has 0 atom stereocenters. The molecule has 0 radical (unpaired) electrons. The Morgan fingerprint density at radius 2 is 1.71 bits per heavy atom. The number of carbonyl (C=O) groups excluding carboxylic acids is 1. The van der Waals surface area contributed by atoms with E-state index in [2.05, 4.69) is 0 Å². The van der Waals surface area contributed by atoms with Gasteiger partial charge in [0.1, 0.15) is 11.1 Å². The van der Waals surface area contributed by atoms with E-state index in [1.165, 1.54) is 26.2 Å². The van der Waals surface area contributed by atoms with Crippen molar-refractivity contribution in [1.29, 1.82) is 0 Å². The highest BCUT2D eigenvalue weighted by Crippen LogP contribution is 2.40. The van der Waals surface area contributed by atoms with Crippen LogP contribution in [0.1, 0.15) is 15.9 Å². The Balaban J connectivity index is 1.93. The lowest BCUT2D eigenvalue weighted by atomic mass is 10.1. The zero-order valence-electron chi connectivity index (χ0n) is 16.1. The largest absolute Gasteiger partial charge is 0.493 e. The van der Waals surface area contributed by atoms with Gasteiger partial charge in [0, 0.05) is 24.5 Å². The molecule has 146 valence electrons. The van der Waals surface area contributed by atoms with Crippen LogP contribution in [0, 0.1) is 0 Å². The maximum atomic E-state index is 12.9. The number of benzene rings is 2. The van der Waals surface area contributed by atoms with Crippen LogP contribution in [0.25, 0.3) is 11.0 Å². The van der Waals surface area contributed by atoms with Gasteiger partial charge in [-0.2, -0.15) is 0 Å². The summed E-state index contributed by atoms with van der Waals surface area (Å²) in [6.07, 6.45) is 0. The molecule has 3 rings (SSSR count). The van der Waals surface area contributed by atoms with Gasteiger partial charge in [0.05, 0.1) is 21.3 Å². The molecule has 0 aliphatic heterocycles. The van der Waals surface area contributed by atoms with Crippen LogP contribution in [-0.2, 0) is 6.54 Å². The highest BCUT2D eigenvalue weighted by Gasteiger charge is 2.21. The molecule has 0 bridgehead atoms. The summed E-state index contributed by atoms with van der Waals surface area (Å²) in [5.41, 5.74) is 0.449. The van der Waals surface area contributed by atoms with Crippen LogP contribution < -0.4 is 19.8 Å². The Kier molecular flexibility index (Phi) is 5.54. The maximum absolute atomic E-state index is 12.9. The molecule has 1 amide bonds. The third kappa shape index (κ3) is 3.51. The summed E-state index contributed by atoms with van der Waals surface area (Å²) in [6, 6.07) is 12.1. The Hall–Kier alpha value is -3.48. The van der Waals surface area contributed by atoms with Crippen LogP contribution in [0.4, 0.5) is 0 Å². The first kappa shape index (κ1) is 19.3. The molecule has 28 heavy (non-hydrogen) atoms. The summed E-state index contributed by atoms with van der Waals surface area (Å²) in [4.78, 5) is 26.5. The van der Waals surface area contributed by atoms with E-state index in [-0.39, 0.29) is 12.1 Å². The van der Waals surface area contributed by atoms with Crippen LogP contribution >= 0.6 is 0 Å². The van der Waals surface area contributed by atoms with Crippen LogP contribution in [-0.4, -0.2) is 39.2 Å². The lowest BCUT2D eigenvalue weighted by Crippen LogP contribution is -2.30. The summed E-state index contributed by atoms with van der Waals surface area (Å²) in [5, 5.41) is 0.683. The molecule has 7 nitrogen and oxygen atoms in total. The Morgan fingerprint density at radius 3 is 2.39 bits per heavy atom. The van der Waals surface area contributed by atoms with Gasteiger partial charge in [0.25, 0.3) is 5.91 Å². The smallest absolute Gasteiger partial charge is 0.349 e. The topological polar surface area (TPSA) is 78.2 Å². The molecule has 0 saturated carbocycles. The van der Waals surface area contributed by atoms with Crippen LogP contribution in [0.5, 0.6) is 17.2 Å². The lowest BCUT2D eigenvalue weighted by molar-refractivity contribution is 0.0780. The van der Waals surface area contributed by atoms with E-state index in [4.69, 9.17) is 18.6 Å². The third-order valence-electron chi connectivity index (χ3n) is 4.41. The van der Waals surface area contributed by atoms with Crippen molar-refractivity contribution >= 4 is 16.9 Å². The fourth-order valence-electron chi connectivity index (χ4n) is 3.03. The number of methoxy groups -OCH3 is 3. The van der Waals surface area contributed by atoms with Gasteiger partial charge in [0.15, 0.2) is 11.5 Å². The van der Waals surface area contributed by atoms with Crippen LogP contribution in [0.2, 0.25) is 0 Å². The first-order valence-corrected chi connectivity index (χ1v) is 8.56. The molecule has 0 N–H and O–H groups in total. The van der Waals surface area contributed by atoms with Crippen molar-refractivity contribution in [3.8, 4) is 17.2 Å². The van der Waals surface area contributed by atoms with Crippen molar-refractivity contribution in [2.45, 2.75) is 6.54 Å². The number of carbonyl (C=O) groups is 1. The number of hydrogen-bond donors (Lipinski definition) is 0. The number of amides is 1. The minimum absolute atomic E-state index is 0.0272. The zero-order valence-corrected chi connectivity index (χ0v) is 16.1. The van der Waals surface area contributed by atoms with E-state index in [1.54, 1.807) is 43.4 Å². The second kappa shape index (κ2) is 8.04. The molecule has 0 aliphatic rings. The van der Waals surface area contributed by atoms with E-state index in [1.807, 2.05) is 6.07 Å². The van der Waals surface area contributed by atoms with Crippen molar-refractivity contribution in [1.82, 2.24) is 4.90 Å². The second-order valence-corrected chi connectivity index (χ2v) is 6.14. The van der Waals surface area contributed by atoms with Crippen LogP contribution in [0.15, 0.2) is 51.7 Å². The highest BCUT2D eigenvalue weighted by atomic mass is 16.5. The molecule has 1 heterocycles. The normalized spacial score (nSPS) is 10.6. The van der Waals surface area contributed by atoms with Crippen molar-refractivity contribution in [3.63, 3.8) is 0 Å². The van der Waals surface area contributed by atoms with Gasteiger partial charge < -0.3 is 23.5 Å². The standard InChI is InChI=1S/C21H21NO6/c1-22(12-14-9-10-17(25-2)19(27-4)18(14)26-3)20(23)15-11-13-7-5-6-8-16(13)28-21(15)24/h5-11H,12H2,1-4H3. The highest BCUT2D eigenvalue weighted by molar-refractivity contribution is 5.96. The van der Waals surface area contributed by atoms with Gasteiger partial charge in [0.2, 0.25) is 5.75 Å². The molecule has 2 aromatic carbocycles. The molecule has 1 aromatic heterocycles. The first-order chi connectivity index (χ1) is 13.5. The van der Waals surface area contributed by atoms with E-state index < -0.39 is 11.5 Å². The van der Waals surface area contributed by atoms with Crippen molar-refractivity contribution in [3.05, 3.63) is 64.0 Å². The van der Waals surface area contributed by atoms with E-state index in [0.717, 1.165) is 0 Å². The molecule has 3 aromatic rings. The van der Waals surface area contributed by atoms with Crippen molar-refractivity contribution < 1.29 is 23.4 Å². The fraction of sp³-hybridized carbons (Fsp3) is 0.238. The van der Waals surface area contributed by atoms with E-state index in [9.17, 15) is 9.59 Å². The summed E-state index contributed by atoms with van der Waals surface area (Å²) >= 11 is 0. The summed E-state index contributed by atoms with van der Waals surface area (Å²) in [7, 11) is 6.17. The van der Waals surface area contributed by atoms with Gasteiger partial charge in [-0.05, 0) is 24.3 Å². The summed E-state index contributed by atoms with van der Waals surface area (Å²) in [6.45, 7) is 0.203. The minimum atomic E-state index is -0.671. The number of fused-ring (bicyclic) bond motifs is 1. The van der Waals surface area contributed by atoms with Gasteiger partial charge in [-0.25, -0.2) is 4.79 Å². The molecule has 0 saturated heterocycles. The number of rotatable bonds is 6. The summed E-state index contributed by atoms with van der Waals surface area (Å²) < 4.78 is 21.4. The molecular formula is C21H21NO6. The maximum Gasteiger partial charge on any atom is 0.349 e. The number of nitrogens with zero attached hydrogens (tertiary/aromatic N) is 1. The van der Waals surface area contributed by atoms with Gasteiger partial charge in [-0.1, -0.05) is 18.2 Å². The first-order valence-electron chi connectivity index (χ1n) is 8.56. The van der Waals surface area contributed by atoms with Crippen molar-refractivity contribution in [2.24, 2.45) is 0 Å². The Morgan fingerprint density at radius 1 is 1.00 bits per heavy atom. The molecule has 0 spiro atoms. The number of ether oxygens (including phenoxy) is 3. The molecular weight excluding hydrogens is 362 g/mol. The average molecular weight is 383 g/mol. The van der Waals surface area contributed by atoms with E-state index in [0.29, 0.717) is 33.8 Å². The van der Waals surface area contributed by atoms with Gasteiger partial charge in [-0.15, -0.1) is 0 Å². The Bertz CT molecular complexity index is 1070. The van der Waals surface area contributed by atoms with Gasteiger partial charge in [-0.3, -0.25) is 4.79 Å². The molecule has 0 fully saturated rings. The predicted molar refractivity (Wildman–Crippen MR) is 104 cm³/mol. The number of para-hydroxylation sites is 1. The fourth-order valence-corrected chi connectivity index (χ4v) is 3.03. The van der Waals surface area contributed by atoms with E-state index >= 15 is 0 Å².